The summed E-state index contributed by atoms with van der Waals surface area (Å²) in [5, 5.41) is 14.6. The molecule has 2 aromatic rings. The van der Waals surface area contributed by atoms with Crippen molar-refractivity contribution in [1.29, 1.82) is 0 Å². The Bertz CT molecular complexity index is 1140. The highest BCUT2D eigenvalue weighted by Crippen LogP contribution is 2.32. The molecule has 2 heterocycles. The lowest BCUT2D eigenvalue weighted by Gasteiger charge is -2.27. The lowest BCUT2D eigenvalue weighted by molar-refractivity contribution is -0.142. The first-order valence-corrected chi connectivity index (χ1v) is 10.3. The number of carboxylic acid groups (broad SMARTS) is 1. The molecular formula is C22H22F2N4O6. The Morgan fingerprint density at radius 1 is 1.24 bits per heavy atom. The summed E-state index contributed by atoms with van der Waals surface area (Å²) in [6, 6.07) is 4.27. The van der Waals surface area contributed by atoms with E-state index in [0.717, 1.165) is 5.39 Å². The van der Waals surface area contributed by atoms with Crippen LogP contribution in [0, 0.1) is 0 Å². The highest BCUT2D eigenvalue weighted by molar-refractivity contribution is 6.06. The molecule has 0 saturated carbocycles. The van der Waals surface area contributed by atoms with Crippen LogP contribution in [0.25, 0.3) is 10.8 Å². The van der Waals surface area contributed by atoms with Crippen molar-refractivity contribution >= 4 is 40.7 Å². The van der Waals surface area contributed by atoms with Crippen molar-refractivity contribution in [3.8, 4) is 0 Å². The largest absolute Gasteiger partial charge is 0.481 e. The number of rotatable bonds is 8. The average molecular weight is 476 g/mol. The Morgan fingerprint density at radius 2 is 1.94 bits per heavy atom. The van der Waals surface area contributed by atoms with Crippen molar-refractivity contribution in [2.75, 3.05) is 6.54 Å². The van der Waals surface area contributed by atoms with E-state index in [4.69, 9.17) is 5.11 Å². The van der Waals surface area contributed by atoms with Gasteiger partial charge in [-0.2, -0.15) is 0 Å². The van der Waals surface area contributed by atoms with Gasteiger partial charge >= 0.3 is 5.97 Å². The number of alkyl halides is 2. The monoisotopic (exact) mass is 476 g/mol. The second-order valence-corrected chi connectivity index (χ2v) is 7.97. The van der Waals surface area contributed by atoms with Crippen LogP contribution in [0.15, 0.2) is 36.5 Å². The highest BCUT2D eigenvalue weighted by Gasteiger charge is 2.51. The summed E-state index contributed by atoms with van der Waals surface area (Å²) < 4.78 is 28.3. The number of hydrogen-bond donors (Lipinski definition) is 3. The number of nitrogens with one attached hydrogen (secondary N) is 2. The van der Waals surface area contributed by atoms with Crippen LogP contribution < -0.4 is 10.6 Å². The fourth-order valence-corrected chi connectivity index (χ4v) is 3.76. The standard InChI is InChI=1S/C22H22F2N4O6/c1-12(26-20(33)18-15-5-3-2-4-13(15)6-7-25-18)21(34)28-11-22(23,24)9-16(28)19(32)27-14(10-29)8-17(30)31/h2-7,10,12,14,16H,8-9,11H2,1H3,(H,26,33)(H,27,32)(H,30,31)/t12-,14?,16-/m0/s1. The third-order valence-electron chi connectivity index (χ3n) is 5.35. The smallest absolute Gasteiger partial charge is 0.305 e. The maximum atomic E-state index is 14.1. The number of nitrogens with zero attached hydrogens (tertiary/aromatic N) is 2. The molecule has 0 aliphatic carbocycles. The van der Waals surface area contributed by atoms with E-state index in [-0.39, 0.29) is 12.0 Å². The third-order valence-corrected chi connectivity index (χ3v) is 5.35. The van der Waals surface area contributed by atoms with Crippen LogP contribution in [0.3, 0.4) is 0 Å². The van der Waals surface area contributed by atoms with Gasteiger partial charge in [0, 0.05) is 18.0 Å². The summed E-state index contributed by atoms with van der Waals surface area (Å²) in [6.45, 7) is 0.219. The quantitative estimate of drug-likeness (QED) is 0.477. The van der Waals surface area contributed by atoms with E-state index in [9.17, 15) is 32.8 Å². The maximum Gasteiger partial charge on any atom is 0.305 e. The van der Waals surface area contributed by atoms with Crippen molar-refractivity contribution < 1.29 is 37.9 Å². The zero-order valence-corrected chi connectivity index (χ0v) is 18.0. The number of likely N-dealkylation sites (tertiary alicyclic amines) is 1. The SMILES string of the molecule is C[C@H](NC(=O)c1nccc2ccccc12)C(=O)N1CC(F)(F)C[C@H]1C(=O)NC(C=O)CC(=O)O. The van der Waals surface area contributed by atoms with Gasteiger partial charge in [-0.1, -0.05) is 24.3 Å². The van der Waals surface area contributed by atoms with Crippen LogP contribution >= 0.6 is 0 Å². The van der Waals surface area contributed by atoms with Gasteiger partial charge in [0.25, 0.3) is 11.8 Å². The molecule has 1 aromatic heterocycles. The van der Waals surface area contributed by atoms with Gasteiger partial charge < -0.3 is 25.4 Å². The fourth-order valence-electron chi connectivity index (χ4n) is 3.76. The zero-order chi connectivity index (χ0) is 25.0. The lowest BCUT2D eigenvalue weighted by atomic mass is 10.1. The molecule has 0 radical (unpaired) electrons. The van der Waals surface area contributed by atoms with Gasteiger partial charge in [-0.25, -0.2) is 8.78 Å². The Morgan fingerprint density at radius 3 is 2.62 bits per heavy atom. The number of carbonyl (C=O) groups is 5. The first-order valence-electron chi connectivity index (χ1n) is 10.3. The number of carbonyl (C=O) groups excluding carboxylic acids is 4. The van der Waals surface area contributed by atoms with E-state index in [1.54, 1.807) is 30.3 Å². The number of amides is 3. The molecule has 3 N–H and O–H groups in total. The first kappa shape index (κ1) is 24.7. The van der Waals surface area contributed by atoms with Crippen LogP contribution in [0.5, 0.6) is 0 Å². The summed E-state index contributed by atoms with van der Waals surface area (Å²) in [4.78, 5) is 64.7. The van der Waals surface area contributed by atoms with E-state index in [0.29, 0.717) is 10.3 Å². The number of hydrogen-bond acceptors (Lipinski definition) is 6. The minimum absolute atomic E-state index is 0.0429. The third kappa shape index (κ3) is 5.50. The van der Waals surface area contributed by atoms with Gasteiger partial charge in [-0.3, -0.25) is 24.2 Å². The van der Waals surface area contributed by atoms with Crippen LogP contribution in [-0.2, 0) is 19.2 Å². The van der Waals surface area contributed by atoms with Crippen molar-refractivity contribution in [2.24, 2.45) is 0 Å². The second-order valence-electron chi connectivity index (χ2n) is 7.97. The highest BCUT2D eigenvalue weighted by atomic mass is 19.3. The van der Waals surface area contributed by atoms with Gasteiger partial charge in [0.1, 0.15) is 24.1 Å². The molecule has 10 nitrogen and oxygen atoms in total. The van der Waals surface area contributed by atoms with Gasteiger partial charge in [-0.05, 0) is 18.4 Å². The number of aldehydes is 1. The van der Waals surface area contributed by atoms with Crippen molar-refractivity contribution in [2.45, 2.75) is 43.8 Å². The number of fused-ring (bicyclic) bond motifs is 1. The first-order chi connectivity index (χ1) is 16.0. The summed E-state index contributed by atoms with van der Waals surface area (Å²) >= 11 is 0. The van der Waals surface area contributed by atoms with E-state index >= 15 is 0 Å². The number of carboxylic acids is 1. The molecule has 1 aromatic carbocycles. The molecule has 3 atom stereocenters. The molecule has 1 aliphatic rings. The van der Waals surface area contributed by atoms with Gasteiger partial charge in [-0.15, -0.1) is 0 Å². The molecule has 3 rings (SSSR count). The summed E-state index contributed by atoms with van der Waals surface area (Å²) in [6.07, 6.45) is -0.150. The molecular weight excluding hydrogens is 454 g/mol. The molecule has 0 bridgehead atoms. The van der Waals surface area contributed by atoms with E-state index in [1.165, 1.54) is 13.1 Å². The number of aromatic nitrogens is 1. The number of aliphatic carboxylic acids is 1. The molecule has 1 saturated heterocycles. The minimum Gasteiger partial charge on any atom is -0.481 e. The Hall–Kier alpha value is -3.96. The zero-order valence-electron chi connectivity index (χ0n) is 18.0. The predicted octanol–water partition coefficient (Wildman–Crippen LogP) is 0.748. The number of benzene rings is 1. The molecule has 12 heteroatoms. The summed E-state index contributed by atoms with van der Waals surface area (Å²) in [7, 11) is 0. The molecule has 1 aliphatic heterocycles. The molecule has 34 heavy (non-hydrogen) atoms. The Balaban J connectivity index is 1.75. The Labute approximate surface area is 192 Å². The normalized spacial score (nSPS) is 18.7. The van der Waals surface area contributed by atoms with Gasteiger partial charge in [0.2, 0.25) is 11.8 Å². The molecule has 1 fully saturated rings. The Kier molecular flexibility index (Phi) is 7.18. The minimum atomic E-state index is -3.39. The molecule has 180 valence electrons. The van der Waals surface area contributed by atoms with E-state index in [2.05, 4.69) is 15.6 Å². The second kappa shape index (κ2) is 9.89. The van der Waals surface area contributed by atoms with Crippen molar-refractivity contribution in [3.05, 3.63) is 42.2 Å². The maximum absolute atomic E-state index is 14.1. The lowest BCUT2D eigenvalue weighted by Crippen LogP contribution is -2.54. The summed E-state index contributed by atoms with van der Waals surface area (Å²) in [5.41, 5.74) is 0.0429. The van der Waals surface area contributed by atoms with Crippen LogP contribution in [0.1, 0.15) is 30.3 Å². The van der Waals surface area contributed by atoms with E-state index < -0.39 is 67.1 Å². The van der Waals surface area contributed by atoms with Gasteiger partial charge in [0.15, 0.2) is 0 Å². The van der Waals surface area contributed by atoms with Crippen LogP contribution in [0.4, 0.5) is 8.78 Å². The van der Waals surface area contributed by atoms with Crippen molar-refractivity contribution in [3.63, 3.8) is 0 Å². The van der Waals surface area contributed by atoms with Crippen molar-refractivity contribution in [1.82, 2.24) is 20.5 Å². The predicted molar refractivity (Wildman–Crippen MR) is 114 cm³/mol. The molecule has 1 unspecified atom stereocenters. The van der Waals surface area contributed by atoms with Crippen LogP contribution in [-0.4, -0.2) is 75.6 Å². The van der Waals surface area contributed by atoms with Crippen LogP contribution in [0.2, 0.25) is 0 Å². The topological polar surface area (TPSA) is 146 Å². The molecule has 3 amide bonds. The number of halogens is 2. The van der Waals surface area contributed by atoms with E-state index in [1.807, 2.05) is 0 Å². The number of pyridine rings is 1. The summed E-state index contributed by atoms with van der Waals surface area (Å²) in [5.74, 6) is -7.49. The fraction of sp³-hybridized carbons (Fsp3) is 0.364. The van der Waals surface area contributed by atoms with Gasteiger partial charge in [0.05, 0.1) is 19.0 Å². The average Bonchev–Trinajstić information content (AvgIpc) is 3.12. The molecule has 0 spiro atoms.